The summed E-state index contributed by atoms with van der Waals surface area (Å²) >= 11 is 1.54. The summed E-state index contributed by atoms with van der Waals surface area (Å²) in [6, 6.07) is 0.240. The highest BCUT2D eigenvalue weighted by Crippen LogP contribution is 2.34. The van der Waals surface area contributed by atoms with Crippen LogP contribution in [0.25, 0.3) is 15.3 Å². The highest BCUT2D eigenvalue weighted by atomic mass is 32.1. The third-order valence-electron chi connectivity index (χ3n) is 7.39. The van der Waals surface area contributed by atoms with Crippen LogP contribution >= 0.6 is 11.3 Å². The van der Waals surface area contributed by atoms with Crippen LogP contribution in [0.15, 0.2) is 42.1 Å². The van der Waals surface area contributed by atoms with E-state index in [0.29, 0.717) is 29.4 Å². The Hall–Kier alpha value is -3.44. The van der Waals surface area contributed by atoms with E-state index in [1.807, 2.05) is 19.3 Å². The van der Waals surface area contributed by atoms with Crippen LogP contribution in [0.4, 0.5) is 0 Å². The minimum atomic E-state index is -0.243. The number of aromatic nitrogens is 4. The van der Waals surface area contributed by atoms with E-state index in [1.54, 1.807) is 34.3 Å². The zero-order valence-electron chi connectivity index (χ0n) is 20.5. The molecule has 36 heavy (non-hydrogen) atoms. The van der Waals surface area contributed by atoms with Gasteiger partial charge >= 0.3 is 0 Å². The molecule has 188 valence electrons. The van der Waals surface area contributed by atoms with Gasteiger partial charge in [-0.3, -0.25) is 14.3 Å². The molecule has 0 aromatic carbocycles. The Bertz CT molecular complexity index is 1400. The van der Waals surface area contributed by atoms with Crippen molar-refractivity contribution in [1.29, 1.82) is 0 Å². The number of likely N-dealkylation sites (tertiary alicyclic amines) is 1. The molecular formula is C25H30N8O2S. The van der Waals surface area contributed by atoms with Crippen molar-refractivity contribution in [2.75, 3.05) is 20.1 Å². The van der Waals surface area contributed by atoms with Crippen LogP contribution in [0.1, 0.15) is 42.2 Å². The maximum Gasteiger partial charge on any atom is 0.260 e. The monoisotopic (exact) mass is 506 g/mol. The number of rotatable bonds is 6. The first-order valence-electron chi connectivity index (χ1n) is 12.5. The normalized spacial score (nSPS) is 21.7. The molecule has 6 rings (SSSR count). The van der Waals surface area contributed by atoms with Gasteiger partial charge in [0, 0.05) is 48.5 Å². The van der Waals surface area contributed by atoms with Crippen molar-refractivity contribution in [2.45, 2.75) is 51.2 Å². The lowest BCUT2D eigenvalue weighted by molar-refractivity contribution is -0.117. The predicted molar refractivity (Wildman–Crippen MR) is 138 cm³/mol. The second-order valence-corrected chi connectivity index (χ2v) is 10.8. The molecular weight excluding hydrogens is 476 g/mol. The number of thiazole rings is 1. The average Bonchev–Trinajstić information content (AvgIpc) is 3.66. The van der Waals surface area contributed by atoms with Crippen molar-refractivity contribution in [1.82, 2.24) is 40.2 Å². The maximum absolute atomic E-state index is 13.3. The number of carbonyl (C=O) groups is 2. The lowest BCUT2D eigenvalue weighted by Gasteiger charge is -2.24. The summed E-state index contributed by atoms with van der Waals surface area (Å²) in [5.74, 6) is -0.390. The summed E-state index contributed by atoms with van der Waals surface area (Å²) in [6.07, 6.45) is 13.3. The minimum Gasteiger partial charge on any atom is -0.382 e. The minimum absolute atomic E-state index is 0.133. The zero-order chi connectivity index (χ0) is 24.8. The molecule has 3 aromatic heterocycles. The molecule has 3 aliphatic rings. The number of nitrogens with one attached hydrogen (secondary N) is 3. The Morgan fingerprint density at radius 1 is 1.19 bits per heavy atom. The quantitative estimate of drug-likeness (QED) is 0.471. The highest BCUT2D eigenvalue weighted by molar-refractivity contribution is 7.21. The van der Waals surface area contributed by atoms with Gasteiger partial charge in [0.2, 0.25) is 0 Å². The molecule has 2 unspecified atom stereocenters. The highest BCUT2D eigenvalue weighted by Gasteiger charge is 2.25. The second kappa shape index (κ2) is 9.21. The summed E-state index contributed by atoms with van der Waals surface area (Å²) in [4.78, 5) is 30.2. The van der Waals surface area contributed by atoms with Crippen molar-refractivity contribution < 1.29 is 9.59 Å². The van der Waals surface area contributed by atoms with E-state index in [2.05, 4.69) is 42.8 Å². The van der Waals surface area contributed by atoms with E-state index < -0.39 is 0 Å². The van der Waals surface area contributed by atoms with Gasteiger partial charge in [-0.1, -0.05) is 0 Å². The van der Waals surface area contributed by atoms with Crippen LogP contribution in [0.2, 0.25) is 0 Å². The molecule has 0 saturated carbocycles. The van der Waals surface area contributed by atoms with E-state index in [0.717, 1.165) is 54.0 Å². The number of hydrogen-bond donors (Lipinski definition) is 3. The number of nitrogens with zero attached hydrogens (tertiary/aromatic N) is 5. The molecule has 1 saturated heterocycles. The van der Waals surface area contributed by atoms with Gasteiger partial charge < -0.3 is 20.9 Å². The van der Waals surface area contributed by atoms with Crippen LogP contribution in [0.3, 0.4) is 0 Å². The summed E-state index contributed by atoms with van der Waals surface area (Å²) < 4.78 is 3.81. The predicted octanol–water partition coefficient (Wildman–Crippen LogP) is 1.91. The summed E-state index contributed by atoms with van der Waals surface area (Å²) in [5.41, 5.74) is 4.02. The van der Waals surface area contributed by atoms with Gasteiger partial charge in [-0.25, -0.2) is 4.52 Å². The number of aryl methyl sites for hydroxylation is 1. The first kappa shape index (κ1) is 23.0. The van der Waals surface area contributed by atoms with Crippen LogP contribution in [0.5, 0.6) is 0 Å². The fourth-order valence-electron chi connectivity index (χ4n) is 5.20. The topological polar surface area (TPSA) is 109 Å². The van der Waals surface area contributed by atoms with E-state index in [9.17, 15) is 9.59 Å². The SMILES string of the molecule is CC1NC=C(C(=O)NCC2CCCN2C)C=C1NC(=O)c1cnn2cc(-c3cnn4c3CCC4)sc12. The molecule has 11 heteroatoms. The Morgan fingerprint density at radius 3 is 2.92 bits per heavy atom. The summed E-state index contributed by atoms with van der Waals surface area (Å²) in [7, 11) is 2.09. The Morgan fingerprint density at radius 2 is 2.08 bits per heavy atom. The molecule has 0 radical (unpaired) electrons. The van der Waals surface area contributed by atoms with E-state index in [4.69, 9.17) is 0 Å². The van der Waals surface area contributed by atoms with Crippen molar-refractivity contribution in [3.8, 4) is 10.4 Å². The van der Waals surface area contributed by atoms with Crippen LogP contribution < -0.4 is 16.0 Å². The van der Waals surface area contributed by atoms with E-state index >= 15 is 0 Å². The largest absolute Gasteiger partial charge is 0.382 e. The molecule has 10 nitrogen and oxygen atoms in total. The summed E-state index contributed by atoms with van der Waals surface area (Å²) in [5, 5.41) is 18.1. The molecule has 6 heterocycles. The first-order valence-corrected chi connectivity index (χ1v) is 13.3. The molecule has 2 amide bonds. The Labute approximate surface area is 213 Å². The standard InChI is InChI=1S/C25H30N8O2S/c1-15-20(9-16(10-26-15)23(34)27-11-17-5-3-7-31(17)2)30-24(35)19-13-29-33-14-22(36-25(19)33)18-12-28-32-8-4-6-21(18)32/h9-10,12-15,17,26H,3-8,11H2,1-2H3,(H,27,34)(H,30,35). The van der Waals surface area contributed by atoms with Gasteiger partial charge in [-0.2, -0.15) is 10.2 Å². The van der Waals surface area contributed by atoms with Gasteiger partial charge in [0.05, 0.1) is 34.4 Å². The third kappa shape index (κ3) is 4.11. The van der Waals surface area contributed by atoms with Crippen molar-refractivity contribution in [3.63, 3.8) is 0 Å². The number of dihydropyridines is 1. The number of amides is 2. The van der Waals surface area contributed by atoms with Gasteiger partial charge in [-0.15, -0.1) is 11.3 Å². The van der Waals surface area contributed by atoms with Gasteiger partial charge in [0.15, 0.2) is 0 Å². The van der Waals surface area contributed by atoms with Crippen LogP contribution in [-0.4, -0.2) is 68.3 Å². The van der Waals surface area contributed by atoms with Crippen molar-refractivity contribution >= 4 is 28.0 Å². The van der Waals surface area contributed by atoms with Crippen LogP contribution in [0, 0.1) is 0 Å². The fraction of sp³-hybridized carbons (Fsp3) is 0.440. The number of hydrogen-bond acceptors (Lipinski definition) is 7. The average molecular weight is 507 g/mol. The van der Waals surface area contributed by atoms with Crippen molar-refractivity contribution in [3.05, 3.63) is 53.4 Å². The Kier molecular flexibility index (Phi) is 5.88. The third-order valence-corrected chi connectivity index (χ3v) is 8.54. The molecule has 1 fully saturated rings. The zero-order valence-corrected chi connectivity index (χ0v) is 21.3. The van der Waals surface area contributed by atoms with Gasteiger partial charge in [0.25, 0.3) is 11.8 Å². The molecule has 0 aliphatic carbocycles. The van der Waals surface area contributed by atoms with E-state index in [-0.39, 0.29) is 17.9 Å². The number of carbonyl (C=O) groups excluding carboxylic acids is 2. The van der Waals surface area contributed by atoms with Crippen LogP contribution in [-0.2, 0) is 17.8 Å². The number of likely N-dealkylation sites (N-methyl/N-ethyl adjacent to an activating group) is 1. The molecule has 0 spiro atoms. The molecule has 2 atom stereocenters. The number of fused-ring (bicyclic) bond motifs is 2. The second-order valence-electron chi connectivity index (χ2n) is 9.76. The molecule has 3 N–H and O–H groups in total. The van der Waals surface area contributed by atoms with Crippen molar-refractivity contribution in [2.24, 2.45) is 0 Å². The Balaban J connectivity index is 1.17. The molecule has 3 aromatic rings. The lowest BCUT2D eigenvalue weighted by atomic mass is 10.1. The molecule has 0 bridgehead atoms. The first-order chi connectivity index (χ1) is 17.5. The summed E-state index contributed by atoms with van der Waals surface area (Å²) in [6.45, 7) is 4.59. The lowest BCUT2D eigenvalue weighted by Crippen LogP contribution is -2.41. The molecule has 3 aliphatic heterocycles. The smallest absolute Gasteiger partial charge is 0.260 e. The maximum atomic E-state index is 13.3. The van der Waals surface area contributed by atoms with Gasteiger partial charge in [-0.05, 0) is 52.3 Å². The van der Waals surface area contributed by atoms with E-state index in [1.165, 1.54) is 5.69 Å². The fourth-order valence-corrected chi connectivity index (χ4v) is 6.29. The van der Waals surface area contributed by atoms with Gasteiger partial charge in [0.1, 0.15) is 4.83 Å².